The standard InChI is InChI=1S/C11H23NO/c1-9-5-4-6-10(9)12-8-7-11(2,3)13/h9-10,12-13H,4-8H2,1-3H3. The summed E-state index contributed by atoms with van der Waals surface area (Å²) < 4.78 is 0. The Bertz CT molecular complexity index is 151. The van der Waals surface area contributed by atoms with Crippen LogP contribution in [-0.4, -0.2) is 23.3 Å². The Hall–Kier alpha value is -0.0800. The van der Waals surface area contributed by atoms with E-state index in [-0.39, 0.29) is 0 Å². The molecule has 2 heteroatoms. The van der Waals surface area contributed by atoms with Gasteiger partial charge < -0.3 is 10.4 Å². The van der Waals surface area contributed by atoms with Crippen molar-refractivity contribution in [2.24, 2.45) is 5.92 Å². The topological polar surface area (TPSA) is 32.3 Å². The Labute approximate surface area is 81.7 Å². The monoisotopic (exact) mass is 185 g/mol. The zero-order chi connectivity index (χ0) is 9.90. The van der Waals surface area contributed by atoms with E-state index in [1.54, 1.807) is 0 Å². The molecule has 0 amide bonds. The Morgan fingerprint density at radius 1 is 1.38 bits per heavy atom. The van der Waals surface area contributed by atoms with Crippen LogP contribution in [0.5, 0.6) is 0 Å². The quantitative estimate of drug-likeness (QED) is 0.701. The summed E-state index contributed by atoms with van der Waals surface area (Å²) >= 11 is 0. The molecule has 1 aliphatic rings. The summed E-state index contributed by atoms with van der Waals surface area (Å²) in [5.74, 6) is 0.821. The van der Waals surface area contributed by atoms with E-state index in [1.165, 1.54) is 19.3 Å². The summed E-state index contributed by atoms with van der Waals surface area (Å²) in [6.07, 6.45) is 4.88. The summed E-state index contributed by atoms with van der Waals surface area (Å²) in [7, 11) is 0. The second kappa shape index (κ2) is 4.43. The van der Waals surface area contributed by atoms with Gasteiger partial charge in [0.25, 0.3) is 0 Å². The Morgan fingerprint density at radius 3 is 2.54 bits per heavy atom. The van der Waals surface area contributed by atoms with E-state index in [0.717, 1.165) is 18.9 Å². The first-order valence-electron chi connectivity index (χ1n) is 5.45. The van der Waals surface area contributed by atoms with Gasteiger partial charge in [-0.05, 0) is 45.6 Å². The van der Waals surface area contributed by atoms with Crippen LogP contribution in [0.25, 0.3) is 0 Å². The van der Waals surface area contributed by atoms with Gasteiger partial charge in [-0.3, -0.25) is 0 Å². The average Bonchev–Trinajstić information content (AvgIpc) is 2.34. The summed E-state index contributed by atoms with van der Waals surface area (Å²) in [5.41, 5.74) is -0.519. The number of nitrogens with one attached hydrogen (secondary N) is 1. The van der Waals surface area contributed by atoms with E-state index in [2.05, 4.69) is 12.2 Å². The second-order valence-electron chi connectivity index (χ2n) is 5.03. The summed E-state index contributed by atoms with van der Waals surface area (Å²) in [6, 6.07) is 0.697. The third kappa shape index (κ3) is 4.10. The van der Waals surface area contributed by atoms with Gasteiger partial charge in [-0.1, -0.05) is 13.3 Å². The van der Waals surface area contributed by atoms with Gasteiger partial charge in [0.05, 0.1) is 5.60 Å². The Kier molecular flexibility index (Phi) is 3.74. The van der Waals surface area contributed by atoms with E-state index in [0.29, 0.717) is 6.04 Å². The average molecular weight is 185 g/mol. The van der Waals surface area contributed by atoms with E-state index >= 15 is 0 Å². The normalized spacial score (nSPS) is 29.5. The van der Waals surface area contributed by atoms with Gasteiger partial charge in [0.1, 0.15) is 0 Å². The Morgan fingerprint density at radius 2 is 2.08 bits per heavy atom. The minimum Gasteiger partial charge on any atom is -0.390 e. The van der Waals surface area contributed by atoms with Crippen LogP contribution in [0.2, 0.25) is 0 Å². The predicted molar refractivity (Wildman–Crippen MR) is 55.7 cm³/mol. The molecule has 0 aromatic rings. The fourth-order valence-electron chi connectivity index (χ4n) is 2.01. The van der Waals surface area contributed by atoms with Crippen LogP contribution >= 0.6 is 0 Å². The van der Waals surface area contributed by atoms with Crippen molar-refractivity contribution in [3.63, 3.8) is 0 Å². The number of hydrogen-bond donors (Lipinski definition) is 2. The fourth-order valence-corrected chi connectivity index (χ4v) is 2.01. The van der Waals surface area contributed by atoms with E-state index in [1.807, 2.05) is 13.8 Å². The molecule has 2 nitrogen and oxygen atoms in total. The lowest BCUT2D eigenvalue weighted by atomic mass is 10.0. The molecular formula is C11H23NO. The molecule has 0 aliphatic heterocycles. The van der Waals surface area contributed by atoms with Crippen LogP contribution in [0.15, 0.2) is 0 Å². The number of hydrogen-bond acceptors (Lipinski definition) is 2. The molecule has 2 N–H and O–H groups in total. The molecule has 0 radical (unpaired) electrons. The van der Waals surface area contributed by atoms with Crippen molar-refractivity contribution in [1.29, 1.82) is 0 Å². The first-order chi connectivity index (χ1) is 5.99. The SMILES string of the molecule is CC1CCCC1NCCC(C)(C)O. The summed E-state index contributed by atoms with van der Waals surface area (Å²) in [5, 5.41) is 13.0. The third-order valence-electron chi connectivity index (χ3n) is 3.00. The van der Waals surface area contributed by atoms with Crippen molar-refractivity contribution >= 4 is 0 Å². The van der Waals surface area contributed by atoms with Crippen LogP contribution in [0.1, 0.15) is 46.5 Å². The Balaban J connectivity index is 2.12. The molecule has 78 valence electrons. The maximum atomic E-state index is 9.52. The third-order valence-corrected chi connectivity index (χ3v) is 3.00. The zero-order valence-corrected chi connectivity index (χ0v) is 9.14. The van der Waals surface area contributed by atoms with Gasteiger partial charge in [-0.2, -0.15) is 0 Å². The second-order valence-corrected chi connectivity index (χ2v) is 5.03. The van der Waals surface area contributed by atoms with E-state index in [9.17, 15) is 5.11 Å². The van der Waals surface area contributed by atoms with Crippen LogP contribution in [0.4, 0.5) is 0 Å². The van der Waals surface area contributed by atoms with Crippen molar-refractivity contribution < 1.29 is 5.11 Å². The molecule has 2 atom stereocenters. The number of aliphatic hydroxyl groups is 1. The van der Waals surface area contributed by atoms with Crippen LogP contribution in [-0.2, 0) is 0 Å². The zero-order valence-electron chi connectivity index (χ0n) is 9.14. The molecule has 1 rings (SSSR count). The van der Waals surface area contributed by atoms with E-state index in [4.69, 9.17) is 0 Å². The molecular weight excluding hydrogens is 162 g/mol. The maximum Gasteiger partial charge on any atom is 0.0603 e. The molecule has 0 heterocycles. The van der Waals surface area contributed by atoms with Crippen molar-refractivity contribution in [2.75, 3.05) is 6.54 Å². The largest absolute Gasteiger partial charge is 0.390 e. The number of rotatable bonds is 4. The molecule has 2 unspecified atom stereocenters. The highest BCUT2D eigenvalue weighted by atomic mass is 16.3. The van der Waals surface area contributed by atoms with Crippen LogP contribution < -0.4 is 5.32 Å². The fraction of sp³-hybridized carbons (Fsp3) is 1.00. The molecule has 1 saturated carbocycles. The minimum absolute atomic E-state index is 0.519. The van der Waals surface area contributed by atoms with Crippen molar-refractivity contribution in [1.82, 2.24) is 5.32 Å². The minimum atomic E-state index is -0.519. The van der Waals surface area contributed by atoms with Crippen LogP contribution in [0, 0.1) is 5.92 Å². The van der Waals surface area contributed by atoms with Crippen molar-refractivity contribution in [3.05, 3.63) is 0 Å². The van der Waals surface area contributed by atoms with Crippen LogP contribution in [0.3, 0.4) is 0 Å². The highest BCUT2D eigenvalue weighted by Crippen LogP contribution is 2.24. The van der Waals surface area contributed by atoms with Gasteiger partial charge >= 0.3 is 0 Å². The molecule has 0 aromatic carbocycles. The van der Waals surface area contributed by atoms with E-state index < -0.39 is 5.60 Å². The highest BCUT2D eigenvalue weighted by Gasteiger charge is 2.23. The van der Waals surface area contributed by atoms with Crippen molar-refractivity contribution in [3.8, 4) is 0 Å². The molecule has 1 aliphatic carbocycles. The van der Waals surface area contributed by atoms with Crippen molar-refractivity contribution in [2.45, 2.75) is 58.1 Å². The van der Waals surface area contributed by atoms with Gasteiger partial charge in [-0.15, -0.1) is 0 Å². The summed E-state index contributed by atoms with van der Waals surface area (Å²) in [6.45, 7) is 6.99. The molecule has 0 spiro atoms. The lowest BCUT2D eigenvalue weighted by Crippen LogP contribution is -2.35. The molecule has 13 heavy (non-hydrogen) atoms. The lowest BCUT2D eigenvalue weighted by molar-refractivity contribution is 0.0700. The predicted octanol–water partition coefficient (Wildman–Crippen LogP) is 1.93. The molecule has 1 fully saturated rings. The molecule has 0 aromatic heterocycles. The van der Waals surface area contributed by atoms with Gasteiger partial charge in [0.15, 0.2) is 0 Å². The first kappa shape index (κ1) is 11.0. The van der Waals surface area contributed by atoms with Gasteiger partial charge in [0.2, 0.25) is 0 Å². The van der Waals surface area contributed by atoms with Gasteiger partial charge in [-0.25, -0.2) is 0 Å². The molecule has 0 saturated heterocycles. The summed E-state index contributed by atoms with van der Waals surface area (Å²) in [4.78, 5) is 0. The smallest absolute Gasteiger partial charge is 0.0603 e. The lowest BCUT2D eigenvalue weighted by Gasteiger charge is -2.21. The highest BCUT2D eigenvalue weighted by molar-refractivity contribution is 4.80. The first-order valence-corrected chi connectivity index (χ1v) is 5.45. The molecule has 0 bridgehead atoms. The maximum absolute atomic E-state index is 9.52. The van der Waals surface area contributed by atoms with Gasteiger partial charge in [0, 0.05) is 6.04 Å².